The van der Waals surface area contributed by atoms with E-state index < -0.39 is 0 Å². The first-order chi connectivity index (χ1) is 7.56. The van der Waals surface area contributed by atoms with Crippen LogP contribution >= 0.6 is 0 Å². The maximum absolute atomic E-state index is 3.46. The molecule has 0 aromatic carbocycles. The van der Waals surface area contributed by atoms with Crippen molar-refractivity contribution in [2.45, 2.75) is 47.1 Å². The average molecular weight is 226 g/mol. The summed E-state index contributed by atoms with van der Waals surface area (Å²) in [5.41, 5.74) is 0. The van der Waals surface area contributed by atoms with Crippen LogP contribution in [0.1, 0.15) is 41.0 Å². The minimum absolute atomic E-state index is 0.717. The highest BCUT2D eigenvalue weighted by atomic mass is 15.2. The Kier molecular flexibility index (Phi) is 5.77. The van der Waals surface area contributed by atoms with Gasteiger partial charge in [-0.2, -0.15) is 0 Å². The van der Waals surface area contributed by atoms with Gasteiger partial charge in [-0.3, -0.25) is 0 Å². The summed E-state index contributed by atoms with van der Waals surface area (Å²) in [7, 11) is 0. The third-order valence-corrected chi connectivity index (χ3v) is 4.48. The van der Waals surface area contributed by atoms with Crippen molar-refractivity contribution < 1.29 is 0 Å². The number of hydrogen-bond donors (Lipinski definition) is 1. The number of piperidine rings is 1. The second kappa shape index (κ2) is 6.61. The van der Waals surface area contributed by atoms with Crippen molar-refractivity contribution in [1.29, 1.82) is 0 Å². The quantitative estimate of drug-likeness (QED) is 0.775. The lowest BCUT2D eigenvalue weighted by molar-refractivity contribution is 0.0784. The maximum atomic E-state index is 3.46. The summed E-state index contributed by atoms with van der Waals surface area (Å²) in [6.07, 6.45) is 1.37. The van der Waals surface area contributed by atoms with Crippen molar-refractivity contribution in [3.8, 4) is 0 Å². The van der Waals surface area contributed by atoms with E-state index in [1.54, 1.807) is 0 Å². The number of nitrogens with one attached hydrogen (secondary N) is 1. The van der Waals surface area contributed by atoms with Gasteiger partial charge in [-0.05, 0) is 50.7 Å². The van der Waals surface area contributed by atoms with E-state index in [9.17, 15) is 0 Å². The van der Waals surface area contributed by atoms with Crippen LogP contribution in [0.5, 0.6) is 0 Å². The van der Waals surface area contributed by atoms with Crippen LogP contribution in [0.15, 0.2) is 0 Å². The summed E-state index contributed by atoms with van der Waals surface area (Å²) >= 11 is 0. The van der Waals surface area contributed by atoms with E-state index in [0.717, 1.165) is 30.8 Å². The van der Waals surface area contributed by atoms with Crippen LogP contribution in [-0.2, 0) is 0 Å². The van der Waals surface area contributed by atoms with Crippen LogP contribution in [0, 0.1) is 17.8 Å². The van der Waals surface area contributed by atoms with Crippen LogP contribution in [0.4, 0.5) is 0 Å². The molecule has 1 rings (SSSR count). The second-order valence-corrected chi connectivity index (χ2v) is 5.76. The van der Waals surface area contributed by atoms with E-state index in [-0.39, 0.29) is 0 Å². The summed E-state index contributed by atoms with van der Waals surface area (Å²) in [6.45, 7) is 16.6. The highest BCUT2D eigenvalue weighted by Gasteiger charge is 2.27. The lowest BCUT2D eigenvalue weighted by Crippen LogP contribution is -2.47. The molecular formula is C14H30N2. The molecule has 4 unspecified atom stereocenters. The molecule has 4 atom stereocenters. The Morgan fingerprint density at radius 1 is 1.25 bits per heavy atom. The molecule has 0 amide bonds. The summed E-state index contributed by atoms with van der Waals surface area (Å²) in [5, 5.41) is 3.46. The average Bonchev–Trinajstić information content (AvgIpc) is 2.28. The summed E-state index contributed by atoms with van der Waals surface area (Å²) < 4.78 is 0. The molecule has 0 aromatic heterocycles. The zero-order valence-electron chi connectivity index (χ0n) is 11.8. The standard InChI is InChI=1S/C14H30N2/c1-6-15-9-12(3)14(5)16-8-7-11(2)13(4)10-16/h11-15H,6-10H2,1-5H3. The normalized spacial score (nSPS) is 31.3. The van der Waals surface area contributed by atoms with E-state index in [1.165, 1.54) is 19.5 Å². The van der Waals surface area contributed by atoms with E-state index in [4.69, 9.17) is 0 Å². The molecular weight excluding hydrogens is 196 g/mol. The van der Waals surface area contributed by atoms with Crippen molar-refractivity contribution in [3.63, 3.8) is 0 Å². The molecule has 1 N–H and O–H groups in total. The van der Waals surface area contributed by atoms with Crippen molar-refractivity contribution in [2.75, 3.05) is 26.2 Å². The number of likely N-dealkylation sites (tertiary alicyclic amines) is 1. The molecule has 1 aliphatic rings. The van der Waals surface area contributed by atoms with Gasteiger partial charge in [0.05, 0.1) is 0 Å². The molecule has 1 aliphatic heterocycles. The monoisotopic (exact) mass is 226 g/mol. The molecule has 1 fully saturated rings. The molecule has 0 aliphatic carbocycles. The first-order valence-corrected chi connectivity index (χ1v) is 7.01. The van der Waals surface area contributed by atoms with Gasteiger partial charge in [-0.25, -0.2) is 0 Å². The topological polar surface area (TPSA) is 15.3 Å². The first-order valence-electron chi connectivity index (χ1n) is 7.01. The number of nitrogens with zero attached hydrogens (tertiary/aromatic N) is 1. The van der Waals surface area contributed by atoms with Crippen LogP contribution in [-0.4, -0.2) is 37.1 Å². The maximum Gasteiger partial charge on any atom is 0.0105 e. The van der Waals surface area contributed by atoms with Crippen molar-refractivity contribution in [1.82, 2.24) is 10.2 Å². The number of rotatable bonds is 5. The Morgan fingerprint density at radius 3 is 2.50 bits per heavy atom. The minimum Gasteiger partial charge on any atom is -0.317 e. The van der Waals surface area contributed by atoms with Gasteiger partial charge < -0.3 is 10.2 Å². The van der Waals surface area contributed by atoms with Gasteiger partial charge in [0.25, 0.3) is 0 Å². The van der Waals surface area contributed by atoms with E-state index in [1.807, 2.05) is 0 Å². The molecule has 1 saturated heterocycles. The van der Waals surface area contributed by atoms with Crippen LogP contribution in [0.2, 0.25) is 0 Å². The summed E-state index contributed by atoms with van der Waals surface area (Å²) in [4.78, 5) is 2.69. The van der Waals surface area contributed by atoms with Crippen LogP contribution in [0.3, 0.4) is 0 Å². The lowest BCUT2D eigenvalue weighted by atomic mass is 9.87. The number of hydrogen-bond acceptors (Lipinski definition) is 2. The Hall–Kier alpha value is -0.0800. The minimum atomic E-state index is 0.717. The van der Waals surface area contributed by atoms with Crippen molar-refractivity contribution >= 4 is 0 Å². The van der Waals surface area contributed by atoms with E-state index in [0.29, 0.717) is 6.04 Å². The fraction of sp³-hybridized carbons (Fsp3) is 1.00. The molecule has 0 spiro atoms. The lowest BCUT2D eigenvalue weighted by Gasteiger charge is -2.41. The Bertz CT molecular complexity index is 193. The van der Waals surface area contributed by atoms with E-state index >= 15 is 0 Å². The van der Waals surface area contributed by atoms with Gasteiger partial charge in [-0.15, -0.1) is 0 Å². The van der Waals surface area contributed by atoms with Gasteiger partial charge in [0.15, 0.2) is 0 Å². The zero-order valence-corrected chi connectivity index (χ0v) is 11.8. The fourth-order valence-corrected chi connectivity index (χ4v) is 2.57. The highest BCUT2D eigenvalue weighted by Crippen LogP contribution is 2.25. The van der Waals surface area contributed by atoms with Gasteiger partial charge in [0.2, 0.25) is 0 Å². The third kappa shape index (κ3) is 3.74. The summed E-state index contributed by atoms with van der Waals surface area (Å²) in [5.74, 6) is 2.52. The molecule has 96 valence electrons. The van der Waals surface area contributed by atoms with Gasteiger partial charge in [0.1, 0.15) is 0 Å². The molecule has 0 saturated carbocycles. The van der Waals surface area contributed by atoms with Crippen molar-refractivity contribution in [2.24, 2.45) is 17.8 Å². The Balaban J connectivity index is 2.38. The fourth-order valence-electron chi connectivity index (χ4n) is 2.57. The molecule has 1 heterocycles. The summed E-state index contributed by atoms with van der Waals surface area (Å²) in [6, 6.07) is 0.717. The second-order valence-electron chi connectivity index (χ2n) is 5.76. The molecule has 2 nitrogen and oxygen atoms in total. The van der Waals surface area contributed by atoms with E-state index in [2.05, 4.69) is 44.8 Å². The molecule has 0 radical (unpaired) electrons. The van der Waals surface area contributed by atoms with Crippen molar-refractivity contribution in [3.05, 3.63) is 0 Å². The zero-order chi connectivity index (χ0) is 12.1. The highest BCUT2D eigenvalue weighted by molar-refractivity contribution is 4.81. The Morgan fingerprint density at radius 2 is 1.94 bits per heavy atom. The Labute approximate surface area is 102 Å². The molecule has 2 heteroatoms. The predicted molar refractivity (Wildman–Crippen MR) is 71.7 cm³/mol. The SMILES string of the molecule is CCNCC(C)C(C)N1CCC(C)C(C)C1. The largest absolute Gasteiger partial charge is 0.317 e. The molecule has 0 aromatic rings. The van der Waals surface area contributed by atoms with Gasteiger partial charge in [0, 0.05) is 12.6 Å². The third-order valence-electron chi connectivity index (χ3n) is 4.48. The molecule has 16 heavy (non-hydrogen) atoms. The van der Waals surface area contributed by atoms with Gasteiger partial charge >= 0.3 is 0 Å². The van der Waals surface area contributed by atoms with Crippen LogP contribution in [0.25, 0.3) is 0 Å². The van der Waals surface area contributed by atoms with Gasteiger partial charge in [-0.1, -0.05) is 27.7 Å². The molecule has 0 bridgehead atoms. The smallest absolute Gasteiger partial charge is 0.0105 e. The predicted octanol–water partition coefficient (Wildman–Crippen LogP) is 2.60. The first kappa shape index (κ1) is 14.0. The van der Waals surface area contributed by atoms with Crippen LogP contribution < -0.4 is 5.32 Å².